The first-order valence-electron chi connectivity index (χ1n) is 6.35. The standard InChI is InChI=1S/C16H9NO3S/c18-16-12(17-15(20-16)14-6-3-7-21-14)9-11-8-10-4-1-2-5-13(10)19-11/h1-9H/b12-9-. The predicted octanol–water partition coefficient (Wildman–Crippen LogP) is 3.84. The molecule has 0 radical (unpaired) electrons. The lowest BCUT2D eigenvalue weighted by molar-refractivity contribution is -0.129. The summed E-state index contributed by atoms with van der Waals surface area (Å²) in [5.74, 6) is 0.468. The molecule has 0 atom stereocenters. The molecule has 3 heterocycles. The Kier molecular flexibility index (Phi) is 2.72. The Labute approximate surface area is 124 Å². The van der Waals surface area contributed by atoms with Gasteiger partial charge in [0.05, 0.1) is 4.88 Å². The SMILES string of the molecule is O=C1OC(c2cccs2)=N/C1=C\c1cc2ccccc2o1. The van der Waals surface area contributed by atoms with Gasteiger partial charge in [0.15, 0.2) is 5.70 Å². The summed E-state index contributed by atoms with van der Waals surface area (Å²) in [6.07, 6.45) is 1.60. The van der Waals surface area contributed by atoms with Crippen molar-refractivity contribution in [3.63, 3.8) is 0 Å². The molecule has 1 aromatic carbocycles. The van der Waals surface area contributed by atoms with Gasteiger partial charge in [-0.15, -0.1) is 11.3 Å². The molecule has 0 amide bonds. The molecule has 4 nitrogen and oxygen atoms in total. The number of carbonyl (C=O) groups excluding carboxylic acids is 1. The third-order valence-corrected chi connectivity index (χ3v) is 3.93. The molecule has 0 bridgehead atoms. The summed E-state index contributed by atoms with van der Waals surface area (Å²) in [6.45, 7) is 0. The van der Waals surface area contributed by atoms with Crippen LogP contribution in [0.2, 0.25) is 0 Å². The van der Waals surface area contributed by atoms with Crippen molar-refractivity contribution >= 4 is 40.2 Å². The predicted molar refractivity (Wildman–Crippen MR) is 81.1 cm³/mol. The van der Waals surface area contributed by atoms with Crippen molar-refractivity contribution in [2.45, 2.75) is 0 Å². The largest absolute Gasteiger partial charge is 0.457 e. The number of thiophene rings is 1. The van der Waals surface area contributed by atoms with Crippen LogP contribution >= 0.6 is 11.3 Å². The second-order valence-corrected chi connectivity index (χ2v) is 5.45. The van der Waals surface area contributed by atoms with Crippen LogP contribution < -0.4 is 0 Å². The highest BCUT2D eigenvalue weighted by Gasteiger charge is 2.25. The quantitative estimate of drug-likeness (QED) is 0.533. The van der Waals surface area contributed by atoms with Gasteiger partial charge in [-0.1, -0.05) is 24.3 Å². The van der Waals surface area contributed by atoms with Gasteiger partial charge >= 0.3 is 5.97 Å². The fraction of sp³-hybridized carbons (Fsp3) is 0. The number of nitrogens with zero attached hydrogens (tertiary/aromatic N) is 1. The van der Waals surface area contributed by atoms with E-state index in [0.717, 1.165) is 15.8 Å². The number of para-hydroxylation sites is 1. The van der Waals surface area contributed by atoms with E-state index in [1.165, 1.54) is 11.3 Å². The van der Waals surface area contributed by atoms with Crippen LogP contribution in [0.5, 0.6) is 0 Å². The highest BCUT2D eigenvalue weighted by molar-refractivity contribution is 7.12. The van der Waals surface area contributed by atoms with E-state index < -0.39 is 5.97 Å². The summed E-state index contributed by atoms with van der Waals surface area (Å²) in [5.41, 5.74) is 1.02. The normalized spacial score (nSPS) is 16.5. The van der Waals surface area contributed by atoms with E-state index in [-0.39, 0.29) is 5.70 Å². The fourth-order valence-electron chi connectivity index (χ4n) is 2.12. The lowest BCUT2D eigenvalue weighted by atomic mass is 10.2. The topological polar surface area (TPSA) is 51.8 Å². The number of fused-ring (bicyclic) bond motifs is 1. The fourth-order valence-corrected chi connectivity index (χ4v) is 2.77. The summed E-state index contributed by atoms with van der Waals surface area (Å²) in [7, 11) is 0. The number of rotatable bonds is 2. The Morgan fingerprint density at radius 3 is 2.86 bits per heavy atom. The van der Waals surface area contributed by atoms with Gasteiger partial charge in [0, 0.05) is 11.5 Å². The zero-order valence-corrected chi connectivity index (χ0v) is 11.6. The average Bonchev–Trinajstić information content (AvgIpc) is 3.19. The molecule has 0 spiro atoms. The number of benzene rings is 1. The average molecular weight is 295 g/mol. The molecule has 0 saturated heterocycles. The molecular weight excluding hydrogens is 286 g/mol. The lowest BCUT2D eigenvalue weighted by Crippen LogP contribution is -2.03. The van der Waals surface area contributed by atoms with Crippen LogP contribution in [0, 0.1) is 0 Å². The van der Waals surface area contributed by atoms with Crippen molar-refractivity contribution in [2.24, 2.45) is 4.99 Å². The van der Waals surface area contributed by atoms with Crippen LogP contribution in [0.25, 0.3) is 17.0 Å². The van der Waals surface area contributed by atoms with Crippen LogP contribution in [0.15, 0.2) is 63.0 Å². The summed E-state index contributed by atoms with van der Waals surface area (Å²) < 4.78 is 10.8. The Bertz CT molecular complexity index is 854. The number of cyclic esters (lactones) is 1. The zero-order chi connectivity index (χ0) is 14.2. The first-order chi connectivity index (χ1) is 10.3. The minimum absolute atomic E-state index is 0.248. The maximum atomic E-state index is 11.9. The minimum Gasteiger partial charge on any atom is -0.457 e. The number of aliphatic imine (C=N–C) groups is 1. The molecule has 21 heavy (non-hydrogen) atoms. The van der Waals surface area contributed by atoms with Gasteiger partial charge < -0.3 is 9.15 Å². The van der Waals surface area contributed by atoms with E-state index >= 15 is 0 Å². The number of hydrogen-bond acceptors (Lipinski definition) is 5. The molecule has 1 aliphatic heterocycles. The highest BCUT2D eigenvalue weighted by Crippen LogP contribution is 2.24. The monoisotopic (exact) mass is 295 g/mol. The maximum absolute atomic E-state index is 11.9. The molecule has 0 saturated carbocycles. The van der Waals surface area contributed by atoms with E-state index in [2.05, 4.69) is 4.99 Å². The third kappa shape index (κ3) is 2.17. The smallest absolute Gasteiger partial charge is 0.363 e. The van der Waals surface area contributed by atoms with E-state index in [9.17, 15) is 4.79 Å². The van der Waals surface area contributed by atoms with Crippen molar-refractivity contribution in [2.75, 3.05) is 0 Å². The molecule has 5 heteroatoms. The molecule has 3 aromatic rings. The van der Waals surface area contributed by atoms with Crippen LogP contribution in [0.4, 0.5) is 0 Å². The van der Waals surface area contributed by atoms with E-state index in [1.807, 2.05) is 47.8 Å². The van der Waals surface area contributed by atoms with Crippen LogP contribution in [-0.2, 0) is 9.53 Å². The second-order valence-electron chi connectivity index (χ2n) is 4.50. The van der Waals surface area contributed by atoms with Crippen molar-refractivity contribution in [1.29, 1.82) is 0 Å². The van der Waals surface area contributed by atoms with E-state index in [1.54, 1.807) is 6.08 Å². The van der Waals surface area contributed by atoms with Crippen molar-refractivity contribution in [3.05, 3.63) is 64.2 Å². The Hall–Kier alpha value is -2.66. The summed E-state index contributed by atoms with van der Waals surface area (Å²) in [4.78, 5) is 16.9. The van der Waals surface area contributed by atoms with Crippen LogP contribution in [0.1, 0.15) is 10.6 Å². The van der Waals surface area contributed by atoms with E-state index in [0.29, 0.717) is 11.7 Å². The molecule has 4 rings (SSSR count). The van der Waals surface area contributed by atoms with Crippen molar-refractivity contribution < 1.29 is 13.9 Å². The molecule has 1 aliphatic rings. The molecule has 0 unspecified atom stereocenters. The van der Waals surface area contributed by atoms with Gasteiger partial charge in [0.1, 0.15) is 11.3 Å². The van der Waals surface area contributed by atoms with Crippen molar-refractivity contribution in [1.82, 2.24) is 0 Å². The number of carbonyl (C=O) groups is 1. The zero-order valence-electron chi connectivity index (χ0n) is 10.8. The third-order valence-electron chi connectivity index (χ3n) is 3.08. The first-order valence-corrected chi connectivity index (χ1v) is 7.22. The molecule has 2 aromatic heterocycles. The Balaban J connectivity index is 1.73. The number of hydrogen-bond donors (Lipinski definition) is 0. The summed E-state index contributed by atoms with van der Waals surface area (Å²) in [6, 6.07) is 13.3. The van der Waals surface area contributed by atoms with Gasteiger partial charge in [-0.05, 0) is 23.6 Å². The summed E-state index contributed by atoms with van der Waals surface area (Å²) >= 11 is 1.48. The van der Waals surface area contributed by atoms with Gasteiger partial charge in [-0.25, -0.2) is 9.79 Å². The lowest BCUT2D eigenvalue weighted by Gasteiger charge is -1.92. The van der Waals surface area contributed by atoms with Crippen molar-refractivity contribution in [3.8, 4) is 0 Å². The van der Waals surface area contributed by atoms with Crippen LogP contribution in [0.3, 0.4) is 0 Å². The first kappa shape index (κ1) is 12.1. The van der Waals surface area contributed by atoms with Crippen LogP contribution in [-0.4, -0.2) is 11.9 Å². The number of furan rings is 1. The molecular formula is C16H9NO3S. The Morgan fingerprint density at radius 2 is 2.05 bits per heavy atom. The second kappa shape index (κ2) is 4.71. The molecule has 0 N–H and O–H groups in total. The van der Waals surface area contributed by atoms with E-state index in [4.69, 9.17) is 9.15 Å². The van der Waals surface area contributed by atoms with Gasteiger partial charge in [0.2, 0.25) is 5.90 Å². The van der Waals surface area contributed by atoms with Gasteiger partial charge in [-0.3, -0.25) is 0 Å². The maximum Gasteiger partial charge on any atom is 0.363 e. The number of ether oxygens (including phenoxy) is 1. The summed E-state index contributed by atoms with van der Waals surface area (Å²) in [5, 5.41) is 2.89. The molecule has 0 fully saturated rings. The minimum atomic E-state index is -0.459. The molecule has 0 aliphatic carbocycles. The highest BCUT2D eigenvalue weighted by atomic mass is 32.1. The Morgan fingerprint density at radius 1 is 1.14 bits per heavy atom. The molecule has 102 valence electrons. The van der Waals surface area contributed by atoms with Gasteiger partial charge in [-0.2, -0.15) is 0 Å². The number of esters is 1. The van der Waals surface area contributed by atoms with Gasteiger partial charge in [0.25, 0.3) is 0 Å².